The van der Waals surface area contributed by atoms with Gasteiger partial charge in [-0.1, -0.05) is 54.6 Å². The number of amides is 1. The number of para-hydroxylation sites is 2. The van der Waals surface area contributed by atoms with Gasteiger partial charge in [-0.3, -0.25) is 4.79 Å². The van der Waals surface area contributed by atoms with Crippen molar-refractivity contribution < 1.29 is 23.5 Å². The fraction of sp³-hybridized carbons (Fsp3) is 0.212. The first-order valence-electron chi connectivity index (χ1n) is 14.1. The fourth-order valence-corrected chi connectivity index (χ4v) is 5.49. The molecule has 1 atom stereocenters. The number of allylic oxidation sites excluding steroid dienone is 1. The van der Waals surface area contributed by atoms with Gasteiger partial charge in [0.05, 0.1) is 31.0 Å². The van der Waals surface area contributed by atoms with Crippen molar-refractivity contribution in [1.29, 1.82) is 0 Å². The Morgan fingerprint density at radius 1 is 1.07 bits per heavy atom. The number of halogens is 1. The summed E-state index contributed by atoms with van der Waals surface area (Å²) in [6.45, 7) is 5.67. The van der Waals surface area contributed by atoms with E-state index in [1.807, 2.05) is 47.9 Å². The molecule has 0 saturated carbocycles. The van der Waals surface area contributed by atoms with E-state index in [0.29, 0.717) is 39.8 Å². The third-order valence-electron chi connectivity index (χ3n) is 7.30. The highest BCUT2D eigenvalue weighted by Crippen LogP contribution is 2.33. The Hall–Kier alpha value is -5.03. The summed E-state index contributed by atoms with van der Waals surface area (Å²) in [4.78, 5) is 25.5. The smallest absolute Gasteiger partial charge is 0.338 e. The maximum absolute atomic E-state index is 14.4. The van der Waals surface area contributed by atoms with Gasteiger partial charge in [-0.15, -0.1) is 0 Å². The SMILES string of the molecule is CCOC(=O)C1=C(C)NC(=S)N[C@@H]1c1ccccc1OCC(=O)NN=Cc1c(C)n(Cc2ccccc2F)c2ccccc12. The average molecular weight is 614 g/mol. The lowest BCUT2D eigenvalue weighted by molar-refractivity contribution is -0.139. The lowest BCUT2D eigenvalue weighted by Gasteiger charge is -2.30. The van der Waals surface area contributed by atoms with Crippen LogP contribution in [0.2, 0.25) is 0 Å². The van der Waals surface area contributed by atoms with E-state index in [1.165, 1.54) is 6.07 Å². The highest BCUT2D eigenvalue weighted by molar-refractivity contribution is 7.80. The number of rotatable bonds is 10. The number of ether oxygens (including phenoxy) is 2. The summed E-state index contributed by atoms with van der Waals surface area (Å²) in [6.07, 6.45) is 1.58. The lowest BCUT2D eigenvalue weighted by Crippen LogP contribution is -2.45. The molecule has 44 heavy (non-hydrogen) atoms. The molecule has 1 aliphatic rings. The molecular weight excluding hydrogens is 581 g/mol. The van der Waals surface area contributed by atoms with Crippen LogP contribution in [0.1, 0.15) is 42.3 Å². The van der Waals surface area contributed by atoms with E-state index in [2.05, 4.69) is 21.2 Å². The summed E-state index contributed by atoms with van der Waals surface area (Å²) in [5.74, 6) is -0.828. The summed E-state index contributed by atoms with van der Waals surface area (Å²) >= 11 is 5.33. The number of hydrogen-bond donors (Lipinski definition) is 3. The number of aromatic nitrogens is 1. The number of carbonyl (C=O) groups is 2. The number of fused-ring (bicyclic) bond motifs is 1. The van der Waals surface area contributed by atoms with Gasteiger partial charge in [0.25, 0.3) is 5.91 Å². The molecule has 4 aromatic rings. The molecule has 1 aromatic heterocycles. The van der Waals surface area contributed by atoms with Gasteiger partial charge in [0.2, 0.25) is 0 Å². The Labute approximate surface area is 259 Å². The molecule has 1 amide bonds. The molecule has 0 radical (unpaired) electrons. The quantitative estimate of drug-likeness (QED) is 0.0998. The van der Waals surface area contributed by atoms with Gasteiger partial charge in [0, 0.05) is 39.0 Å². The molecule has 3 aromatic carbocycles. The average Bonchev–Trinajstić information content (AvgIpc) is 3.27. The van der Waals surface area contributed by atoms with E-state index in [9.17, 15) is 14.0 Å². The van der Waals surface area contributed by atoms with Crippen molar-refractivity contribution in [1.82, 2.24) is 20.6 Å². The van der Waals surface area contributed by atoms with Crippen LogP contribution in [0.5, 0.6) is 5.75 Å². The fourth-order valence-electron chi connectivity index (χ4n) is 5.22. The van der Waals surface area contributed by atoms with Crippen LogP contribution in [0.15, 0.2) is 89.2 Å². The molecule has 9 nitrogen and oxygen atoms in total. The Morgan fingerprint density at radius 3 is 2.59 bits per heavy atom. The molecule has 0 bridgehead atoms. The van der Waals surface area contributed by atoms with E-state index in [-0.39, 0.29) is 19.0 Å². The third kappa shape index (κ3) is 6.47. The molecule has 0 spiro atoms. The highest BCUT2D eigenvalue weighted by atomic mass is 32.1. The standard InChI is InChI=1S/C33H32FN5O4S/c1-4-42-32(41)30-20(2)36-33(44)37-31(30)24-13-7-10-16-28(24)43-19-29(40)38-35-17-25-21(3)39(27-15-9-6-12-23(25)27)18-22-11-5-8-14-26(22)34/h5-17,31H,4,18-19H2,1-3H3,(H,38,40)(H2,36,37,44)/t31-/m1/s1. The Balaban J connectivity index is 1.30. The number of hydrazone groups is 1. The number of nitrogens with one attached hydrogen (secondary N) is 3. The van der Waals surface area contributed by atoms with Crippen molar-refractivity contribution in [3.63, 3.8) is 0 Å². The molecule has 0 saturated heterocycles. The Bertz CT molecular complexity index is 1800. The number of nitrogens with zero attached hydrogens (tertiary/aromatic N) is 2. The molecule has 1 aliphatic heterocycles. The minimum absolute atomic E-state index is 0.219. The van der Waals surface area contributed by atoms with Crippen LogP contribution >= 0.6 is 12.2 Å². The largest absolute Gasteiger partial charge is 0.483 e. The van der Waals surface area contributed by atoms with Gasteiger partial charge in [-0.05, 0) is 51.2 Å². The maximum Gasteiger partial charge on any atom is 0.338 e. The van der Waals surface area contributed by atoms with Crippen molar-refractivity contribution in [3.8, 4) is 5.75 Å². The molecule has 2 heterocycles. The van der Waals surface area contributed by atoms with Crippen LogP contribution in [0.4, 0.5) is 4.39 Å². The number of esters is 1. The van der Waals surface area contributed by atoms with Crippen LogP contribution in [-0.4, -0.2) is 41.0 Å². The number of hydrogen-bond acceptors (Lipinski definition) is 6. The summed E-state index contributed by atoms with van der Waals surface area (Å²) in [6, 6.07) is 20.9. The zero-order valence-corrected chi connectivity index (χ0v) is 25.3. The van der Waals surface area contributed by atoms with Crippen LogP contribution in [-0.2, 0) is 20.9 Å². The molecule has 3 N–H and O–H groups in total. The lowest BCUT2D eigenvalue weighted by atomic mass is 9.95. The predicted octanol–water partition coefficient (Wildman–Crippen LogP) is 5.02. The van der Waals surface area contributed by atoms with Gasteiger partial charge in [0.1, 0.15) is 11.6 Å². The minimum Gasteiger partial charge on any atom is -0.483 e. The monoisotopic (exact) mass is 613 g/mol. The van der Waals surface area contributed by atoms with Crippen LogP contribution < -0.4 is 20.8 Å². The topological polar surface area (TPSA) is 106 Å². The van der Waals surface area contributed by atoms with E-state index in [4.69, 9.17) is 21.7 Å². The normalized spacial score (nSPS) is 14.8. The van der Waals surface area contributed by atoms with Gasteiger partial charge >= 0.3 is 5.97 Å². The van der Waals surface area contributed by atoms with Crippen molar-refractivity contribution in [3.05, 3.63) is 112 Å². The first-order valence-corrected chi connectivity index (χ1v) is 14.5. The van der Waals surface area contributed by atoms with Crippen LogP contribution in [0, 0.1) is 12.7 Å². The molecule has 0 fully saturated rings. The number of benzene rings is 3. The van der Waals surface area contributed by atoms with E-state index in [0.717, 1.165) is 22.2 Å². The molecular formula is C33H32FN5O4S. The highest BCUT2D eigenvalue weighted by Gasteiger charge is 2.32. The number of thiocarbonyl (C=S) groups is 1. The van der Waals surface area contributed by atoms with Crippen molar-refractivity contribution in [2.24, 2.45) is 5.10 Å². The van der Waals surface area contributed by atoms with Gasteiger partial charge in [0.15, 0.2) is 11.7 Å². The molecule has 0 aliphatic carbocycles. The van der Waals surface area contributed by atoms with Gasteiger partial charge in [-0.25, -0.2) is 14.6 Å². The van der Waals surface area contributed by atoms with Gasteiger partial charge in [-0.2, -0.15) is 5.10 Å². The summed E-state index contributed by atoms with van der Waals surface area (Å²) in [5.41, 5.74) is 7.28. The predicted molar refractivity (Wildman–Crippen MR) is 171 cm³/mol. The second-order valence-corrected chi connectivity index (χ2v) is 10.5. The van der Waals surface area contributed by atoms with Crippen LogP contribution in [0.3, 0.4) is 0 Å². The van der Waals surface area contributed by atoms with Gasteiger partial charge < -0.3 is 24.7 Å². The van der Waals surface area contributed by atoms with Crippen molar-refractivity contribution >= 4 is 46.3 Å². The number of carbonyl (C=O) groups excluding carboxylic acids is 2. The van der Waals surface area contributed by atoms with E-state index >= 15 is 0 Å². The van der Waals surface area contributed by atoms with Crippen LogP contribution in [0.25, 0.3) is 10.9 Å². The van der Waals surface area contributed by atoms with E-state index in [1.54, 1.807) is 50.4 Å². The van der Waals surface area contributed by atoms with E-state index < -0.39 is 17.9 Å². The maximum atomic E-state index is 14.4. The zero-order valence-electron chi connectivity index (χ0n) is 24.5. The third-order valence-corrected chi connectivity index (χ3v) is 7.52. The second-order valence-electron chi connectivity index (χ2n) is 10.1. The first kappa shape index (κ1) is 30.4. The van der Waals surface area contributed by atoms with Crippen molar-refractivity contribution in [2.75, 3.05) is 13.2 Å². The molecule has 0 unspecified atom stereocenters. The summed E-state index contributed by atoms with van der Waals surface area (Å²) in [7, 11) is 0. The summed E-state index contributed by atoms with van der Waals surface area (Å²) in [5, 5.41) is 11.5. The molecule has 226 valence electrons. The summed E-state index contributed by atoms with van der Waals surface area (Å²) < 4.78 is 27.6. The second kappa shape index (κ2) is 13.5. The first-order chi connectivity index (χ1) is 21.3. The molecule has 5 rings (SSSR count). The molecule has 11 heteroatoms. The van der Waals surface area contributed by atoms with Crippen molar-refractivity contribution in [2.45, 2.75) is 33.4 Å². The Kier molecular flexibility index (Phi) is 9.35. The zero-order chi connectivity index (χ0) is 31.2. The minimum atomic E-state index is -0.635. The Morgan fingerprint density at radius 2 is 1.80 bits per heavy atom.